The molecule has 3 unspecified atom stereocenters. The zero-order chi connectivity index (χ0) is 37.3. The van der Waals surface area contributed by atoms with Gasteiger partial charge in [-0.2, -0.15) is 0 Å². The van der Waals surface area contributed by atoms with Gasteiger partial charge in [0.05, 0.1) is 53.8 Å². The van der Waals surface area contributed by atoms with Crippen LogP contribution in [0, 0.1) is 0 Å². The highest BCUT2D eigenvalue weighted by Gasteiger charge is 2.53. The number of benzene rings is 2. The number of aliphatic hydroxyl groups excluding tert-OH is 2. The molecule has 51 heavy (non-hydrogen) atoms. The summed E-state index contributed by atoms with van der Waals surface area (Å²) in [4.78, 5) is 42.9. The Hall–Kier alpha value is -3.67. The van der Waals surface area contributed by atoms with Crippen LogP contribution in [0.5, 0.6) is 17.2 Å². The lowest BCUT2D eigenvalue weighted by Gasteiger charge is -2.48. The molecular weight excluding hydrogens is 670 g/mol. The molecule has 6 N–H and O–H groups in total. The van der Waals surface area contributed by atoms with Crippen molar-refractivity contribution in [2.75, 3.05) is 21.2 Å². The molecule has 15 nitrogen and oxygen atoms in total. The van der Waals surface area contributed by atoms with E-state index in [0.29, 0.717) is 0 Å². The van der Waals surface area contributed by atoms with Crippen LogP contribution in [0.3, 0.4) is 0 Å². The predicted octanol–water partition coefficient (Wildman–Crippen LogP) is 1.74. The Morgan fingerprint density at radius 3 is 2.14 bits per heavy atom. The molecular formula is C36H45NO14. The third-order valence-corrected chi connectivity index (χ3v) is 10.8. The van der Waals surface area contributed by atoms with Gasteiger partial charge in [0, 0.05) is 36.4 Å². The fourth-order valence-corrected chi connectivity index (χ4v) is 8.03. The number of carbonyl (C=O) groups is 3. The largest absolute Gasteiger partial charge is 0.507 e. The number of fused-ring (bicyclic) bond motifs is 3. The molecule has 15 heteroatoms. The van der Waals surface area contributed by atoms with Crippen LogP contribution in [-0.4, -0.2) is 129 Å². The van der Waals surface area contributed by atoms with E-state index in [1.165, 1.54) is 6.07 Å². The summed E-state index contributed by atoms with van der Waals surface area (Å²) in [6, 6.07) is 3.04. The molecule has 4 aliphatic rings. The van der Waals surface area contributed by atoms with E-state index in [-0.39, 0.29) is 48.4 Å². The Labute approximate surface area is 294 Å². The monoisotopic (exact) mass is 715 g/mol. The number of phenols is 3. The molecule has 2 aliphatic carbocycles. The van der Waals surface area contributed by atoms with Gasteiger partial charge in [0.1, 0.15) is 35.4 Å². The summed E-state index contributed by atoms with van der Waals surface area (Å²) in [5.41, 5.74) is -3.53. The van der Waals surface area contributed by atoms with Crippen molar-refractivity contribution < 1.29 is 68.7 Å². The first-order chi connectivity index (χ1) is 24.0. The number of hydrogen-bond acceptors (Lipinski definition) is 15. The van der Waals surface area contributed by atoms with Crippen molar-refractivity contribution in [1.29, 1.82) is 0 Å². The van der Waals surface area contributed by atoms with Crippen LogP contribution >= 0.6 is 0 Å². The van der Waals surface area contributed by atoms with E-state index in [1.54, 1.807) is 20.8 Å². The number of methoxy groups -OCH3 is 1. The Balaban J connectivity index is 1.39. The maximum atomic E-state index is 13.9. The number of hydrogen-bond donors (Lipinski definition) is 6. The number of esters is 1. The fraction of sp³-hybridized carbons (Fsp3) is 0.583. The van der Waals surface area contributed by atoms with Crippen LogP contribution in [0.1, 0.15) is 101 Å². The van der Waals surface area contributed by atoms with Gasteiger partial charge >= 0.3 is 5.97 Å². The van der Waals surface area contributed by atoms with Gasteiger partial charge in [0.2, 0.25) is 5.78 Å². The van der Waals surface area contributed by atoms with Crippen molar-refractivity contribution in [3.05, 3.63) is 51.6 Å². The van der Waals surface area contributed by atoms with E-state index < -0.39 is 112 Å². The number of likely N-dealkylation sites (N-methyl/N-ethyl adjacent to an activating group) is 1. The molecule has 6 rings (SSSR count). The van der Waals surface area contributed by atoms with Crippen molar-refractivity contribution in [1.82, 2.24) is 4.90 Å². The second-order valence-corrected chi connectivity index (χ2v) is 14.1. The molecule has 2 aromatic rings. The first-order valence-corrected chi connectivity index (χ1v) is 17.0. The minimum atomic E-state index is -1.79. The smallest absolute Gasteiger partial charge is 0.316 e. The SMILES string of the molecule is CCC1(O)CC(O[C@H]2C[C@H](N(C)C)[C@H](O[C@H]3C[C@H](O)[C@H](O)[C@H](C)O3)[C@H](C)O2)c2c(cc3c(c2O)C(=O)c2c(O)ccc(O)c2C3=O)C1C(=O)OC. The highest BCUT2D eigenvalue weighted by molar-refractivity contribution is 6.31. The van der Waals surface area contributed by atoms with E-state index in [2.05, 4.69) is 0 Å². The maximum Gasteiger partial charge on any atom is 0.316 e. The summed E-state index contributed by atoms with van der Waals surface area (Å²) in [5.74, 6) is -5.85. The second kappa shape index (κ2) is 13.7. The van der Waals surface area contributed by atoms with Gasteiger partial charge in [-0.3, -0.25) is 14.4 Å². The normalized spacial score (nSPS) is 34.9. The van der Waals surface area contributed by atoms with Gasteiger partial charge in [-0.1, -0.05) is 6.92 Å². The minimum Gasteiger partial charge on any atom is -0.507 e. The highest BCUT2D eigenvalue weighted by atomic mass is 16.7. The van der Waals surface area contributed by atoms with E-state index in [4.69, 9.17) is 23.7 Å². The highest BCUT2D eigenvalue weighted by Crippen LogP contribution is 2.54. The average molecular weight is 716 g/mol. The molecule has 278 valence electrons. The summed E-state index contributed by atoms with van der Waals surface area (Å²) in [6.45, 7) is 5.08. The van der Waals surface area contributed by atoms with E-state index in [9.17, 15) is 45.0 Å². The molecule has 2 aromatic carbocycles. The number of nitrogens with zero attached hydrogens (tertiary/aromatic N) is 1. The molecule has 2 saturated heterocycles. The van der Waals surface area contributed by atoms with Crippen molar-refractivity contribution in [3.8, 4) is 17.2 Å². The predicted molar refractivity (Wildman–Crippen MR) is 175 cm³/mol. The average Bonchev–Trinajstić information content (AvgIpc) is 3.07. The van der Waals surface area contributed by atoms with Crippen LogP contribution < -0.4 is 0 Å². The summed E-state index contributed by atoms with van der Waals surface area (Å²) in [5, 5.41) is 65.4. The number of ketones is 2. The molecule has 2 heterocycles. The standard InChI is InChI=1S/C36H45NO14/c1-7-36(46)13-22(50-23-11-18(37(4)5)34(15(3)49-23)51-24-12-21(40)30(41)14(2)48-24)25-16(29(36)35(45)47-6)10-17-26(32(25)43)33(44)28-20(39)9-8-19(38)27(28)31(17)42/h8-10,14-15,18,21-24,29-30,34,38-41,43,46H,7,11-13H2,1-6H3/t14-,15-,18-,21-,22?,23-,24-,29?,30+,34+,36?/m0/s1. The summed E-state index contributed by atoms with van der Waals surface area (Å²) in [6.07, 6.45) is -6.80. The number of rotatable bonds is 7. The minimum absolute atomic E-state index is 0.00137. The summed E-state index contributed by atoms with van der Waals surface area (Å²) in [7, 11) is 4.83. The lowest BCUT2D eigenvalue weighted by atomic mass is 9.67. The van der Waals surface area contributed by atoms with Gasteiger partial charge in [-0.25, -0.2) is 0 Å². The van der Waals surface area contributed by atoms with Gasteiger partial charge < -0.3 is 59.2 Å². The van der Waals surface area contributed by atoms with Gasteiger partial charge in [-0.15, -0.1) is 0 Å². The molecule has 0 spiro atoms. The molecule has 2 aliphatic heterocycles. The van der Waals surface area contributed by atoms with Gasteiger partial charge in [0.15, 0.2) is 18.4 Å². The van der Waals surface area contributed by atoms with Gasteiger partial charge in [-0.05, 0) is 58.1 Å². The lowest BCUT2D eigenvalue weighted by Crippen LogP contribution is -2.57. The topological polar surface area (TPSA) is 222 Å². The fourth-order valence-electron chi connectivity index (χ4n) is 8.03. The molecule has 2 fully saturated rings. The molecule has 0 saturated carbocycles. The molecule has 0 bridgehead atoms. The van der Waals surface area contributed by atoms with Crippen molar-refractivity contribution >= 4 is 17.5 Å². The third kappa shape index (κ3) is 6.18. The van der Waals surface area contributed by atoms with Crippen LogP contribution in [0.25, 0.3) is 0 Å². The van der Waals surface area contributed by atoms with Gasteiger partial charge in [0.25, 0.3) is 0 Å². The van der Waals surface area contributed by atoms with E-state index in [1.807, 2.05) is 19.0 Å². The van der Waals surface area contributed by atoms with Crippen LogP contribution in [0.15, 0.2) is 18.2 Å². The summed E-state index contributed by atoms with van der Waals surface area (Å²) >= 11 is 0. The molecule has 11 atom stereocenters. The molecule has 0 radical (unpaired) electrons. The van der Waals surface area contributed by atoms with Crippen molar-refractivity contribution in [3.63, 3.8) is 0 Å². The Morgan fingerprint density at radius 2 is 1.55 bits per heavy atom. The second-order valence-electron chi connectivity index (χ2n) is 14.1. The Kier molecular flexibility index (Phi) is 9.97. The molecule has 0 amide bonds. The van der Waals surface area contributed by atoms with Crippen LogP contribution in [0.4, 0.5) is 0 Å². The zero-order valence-electron chi connectivity index (χ0n) is 29.2. The number of ether oxygens (including phenoxy) is 5. The Morgan fingerprint density at radius 1 is 0.941 bits per heavy atom. The zero-order valence-corrected chi connectivity index (χ0v) is 29.2. The summed E-state index contributed by atoms with van der Waals surface area (Å²) < 4.78 is 30.0. The maximum absolute atomic E-state index is 13.9. The number of carbonyl (C=O) groups excluding carboxylic acids is 3. The number of aromatic hydroxyl groups is 3. The van der Waals surface area contributed by atoms with Crippen molar-refractivity contribution in [2.45, 2.75) is 113 Å². The molecule has 0 aromatic heterocycles. The quantitative estimate of drug-likeness (QED) is 0.152. The lowest BCUT2D eigenvalue weighted by molar-refractivity contribution is -0.310. The van der Waals surface area contributed by atoms with Crippen LogP contribution in [0.2, 0.25) is 0 Å². The first-order valence-electron chi connectivity index (χ1n) is 17.0. The van der Waals surface area contributed by atoms with E-state index >= 15 is 0 Å². The first kappa shape index (κ1) is 37.1. The number of aliphatic hydroxyl groups is 3. The third-order valence-electron chi connectivity index (χ3n) is 10.8. The Bertz CT molecular complexity index is 1720. The number of phenolic OH excluding ortho intramolecular Hbond substituents is 3. The van der Waals surface area contributed by atoms with E-state index in [0.717, 1.165) is 19.2 Å². The van der Waals surface area contributed by atoms with Crippen LogP contribution in [-0.2, 0) is 28.5 Å². The van der Waals surface area contributed by atoms with Crippen molar-refractivity contribution in [2.24, 2.45) is 0 Å².